The van der Waals surface area contributed by atoms with Crippen molar-refractivity contribution in [1.29, 1.82) is 0 Å². The Bertz CT molecular complexity index is 415. The van der Waals surface area contributed by atoms with Crippen molar-refractivity contribution in [1.82, 2.24) is 4.67 Å². The van der Waals surface area contributed by atoms with Gasteiger partial charge >= 0.3 is 0 Å². The van der Waals surface area contributed by atoms with Crippen LogP contribution in [0.2, 0.25) is 0 Å². The molecule has 0 bridgehead atoms. The lowest BCUT2D eigenvalue weighted by Crippen LogP contribution is -2.33. The summed E-state index contributed by atoms with van der Waals surface area (Å²) in [6.07, 6.45) is 0. The van der Waals surface area contributed by atoms with Gasteiger partial charge in [-0.25, -0.2) is 4.67 Å². The molecule has 0 aliphatic carbocycles. The molecule has 0 aliphatic heterocycles. The number of anilines is 1. The fourth-order valence-electron chi connectivity index (χ4n) is 2.07. The third-order valence-corrected chi connectivity index (χ3v) is 4.68. The maximum absolute atomic E-state index is 10.1. The lowest BCUT2D eigenvalue weighted by atomic mass is 10.3. The summed E-state index contributed by atoms with van der Waals surface area (Å²) in [5, 5.41) is 3.24. The van der Waals surface area contributed by atoms with Gasteiger partial charge in [-0.2, -0.15) is 0 Å². The zero-order valence-electron chi connectivity index (χ0n) is 13.3. The van der Waals surface area contributed by atoms with Crippen molar-refractivity contribution in [3.8, 4) is 0 Å². The molecule has 0 aliphatic rings. The van der Waals surface area contributed by atoms with E-state index in [-0.39, 0.29) is 12.1 Å². The zero-order chi connectivity index (χ0) is 15.8. The summed E-state index contributed by atoms with van der Waals surface area (Å²) in [6.45, 7) is 12.8. The van der Waals surface area contributed by atoms with Crippen molar-refractivity contribution in [2.45, 2.75) is 39.8 Å². The lowest BCUT2D eigenvalue weighted by molar-refractivity contribution is 0.217. The molecular weight excluding hydrogens is 285 g/mol. The van der Waals surface area contributed by atoms with Crippen LogP contribution >= 0.6 is 8.53 Å². The number of hydrogen-bond donors (Lipinski definition) is 2. The van der Waals surface area contributed by atoms with Crippen molar-refractivity contribution in [3.05, 3.63) is 24.3 Å². The molecule has 0 fully saturated rings. The third kappa shape index (κ3) is 6.10. The molecule has 6 heteroatoms. The Balaban J connectivity index is 2.33. The van der Waals surface area contributed by atoms with Gasteiger partial charge in [-0.3, -0.25) is 4.99 Å². The molecule has 118 valence electrons. The minimum atomic E-state index is -1.54. The molecule has 1 aromatic rings. The molecule has 0 heterocycles. The monoisotopic (exact) mass is 311 g/mol. The van der Waals surface area contributed by atoms with Gasteiger partial charge in [0, 0.05) is 24.3 Å². The Morgan fingerprint density at radius 1 is 1.24 bits per heavy atom. The van der Waals surface area contributed by atoms with Crippen LogP contribution in [0.5, 0.6) is 0 Å². The van der Waals surface area contributed by atoms with Gasteiger partial charge in [-0.1, -0.05) is 0 Å². The molecule has 1 atom stereocenters. The summed E-state index contributed by atoms with van der Waals surface area (Å²) in [5.41, 5.74) is 1.85. The highest BCUT2D eigenvalue weighted by Crippen LogP contribution is 2.40. The molecule has 1 unspecified atom stereocenters. The summed E-state index contributed by atoms with van der Waals surface area (Å²) >= 11 is 0. The average Bonchev–Trinajstić information content (AvgIpc) is 2.43. The van der Waals surface area contributed by atoms with Crippen LogP contribution in [-0.4, -0.2) is 41.5 Å². The van der Waals surface area contributed by atoms with Gasteiger partial charge in [0.1, 0.15) is 0 Å². The fraction of sp³-hybridized carbons (Fsp3) is 0.533. The second kappa shape index (κ2) is 9.11. The van der Waals surface area contributed by atoms with Crippen molar-refractivity contribution in [3.63, 3.8) is 0 Å². The quantitative estimate of drug-likeness (QED) is 0.414. The van der Waals surface area contributed by atoms with Crippen LogP contribution in [0.3, 0.4) is 0 Å². The average molecular weight is 311 g/mol. The van der Waals surface area contributed by atoms with E-state index in [4.69, 9.17) is 4.52 Å². The molecule has 0 radical (unpaired) electrons. The number of nitrogens with one attached hydrogen (secondary N) is 1. The predicted octanol–water partition coefficient (Wildman–Crippen LogP) is 3.79. The van der Waals surface area contributed by atoms with Crippen molar-refractivity contribution >= 4 is 26.6 Å². The van der Waals surface area contributed by atoms with E-state index in [2.05, 4.69) is 44.7 Å². The minimum Gasteiger partial charge on any atom is -0.383 e. The lowest BCUT2D eigenvalue weighted by Gasteiger charge is -2.32. The molecule has 2 N–H and O–H groups in total. The van der Waals surface area contributed by atoms with Crippen LogP contribution in [0.25, 0.3) is 0 Å². The number of hydrogen-bond acceptors (Lipinski definition) is 5. The Kier molecular flexibility index (Phi) is 7.83. The Morgan fingerprint density at radius 2 is 1.81 bits per heavy atom. The highest BCUT2D eigenvalue weighted by Gasteiger charge is 2.23. The first-order valence-electron chi connectivity index (χ1n) is 7.16. The molecule has 0 amide bonds. The second-order valence-corrected chi connectivity index (χ2v) is 6.51. The highest BCUT2D eigenvalue weighted by molar-refractivity contribution is 7.43. The van der Waals surface area contributed by atoms with Gasteiger partial charge in [0.25, 0.3) is 8.53 Å². The zero-order valence-corrected chi connectivity index (χ0v) is 14.2. The summed E-state index contributed by atoms with van der Waals surface area (Å²) < 4.78 is 7.53. The number of rotatable bonds is 9. The van der Waals surface area contributed by atoms with Crippen LogP contribution in [0.4, 0.5) is 11.4 Å². The van der Waals surface area contributed by atoms with Crippen molar-refractivity contribution < 1.29 is 9.42 Å². The van der Waals surface area contributed by atoms with Crippen LogP contribution in [0.1, 0.15) is 27.7 Å². The Morgan fingerprint density at radius 3 is 2.29 bits per heavy atom. The van der Waals surface area contributed by atoms with Crippen LogP contribution in [0, 0.1) is 0 Å². The maximum Gasteiger partial charge on any atom is 0.256 e. The van der Waals surface area contributed by atoms with E-state index in [1.807, 2.05) is 28.9 Å². The van der Waals surface area contributed by atoms with Gasteiger partial charge in [0.15, 0.2) is 0 Å². The van der Waals surface area contributed by atoms with Crippen molar-refractivity contribution in [2.24, 2.45) is 4.99 Å². The molecule has 1 aromatic carbocycles. The van der Waals surface area contributed by atoms with E-state index in [9.17, 15) is 4.89 Å². The van der Waals surface area contributed by atoms with E-state index in [0.29, 0.717) is 13.2 Å². The van der Waals surface area contributed by atoms with Gasteiger partial charge in [-0.05, 0) is 58.7 Å². The molecule has 1 rings (SSSR count). The van der Waals surface area contributed by atoms with Crippen LogP contribution < -0.4 is 5.32 Å². The first-order chi connectivity index (χ1) is 9.95. The Hall–Kier alpha value is -1.00. The number of nitrogens with zero attached hydrogens (tertiary/aromatic N) is 2. The van der Waals surface area contributed by atoms with E-state index < -0.39 is 8.53 Å². The van der Waals surface area contributed by atoms with Gasteiger partial charge in [0.2, 0.25) is 0 Å². The van der Waals surface area contributed by atoms with Crippen molar-refractivity contribution in [2.75, 3.05) is 18.5 Å². The van der Waals surface area contributed by atoms with E-state index in [0.717, 1.165) is 11.4 Å². The molecule has 5 nitrogen and oxygen atoms in total. The van der Waals surface area contributed by atoms with E-state index in [1.54, 1.807) is 0 Å². The highest BCUT2D eigenvalue weighted by atomic mass is 31.2. The predicted molar refractivity (Wildman–Crippen MR) is 91.3 cm³/mol. The first kappa shape index (κ1) is 18.1. The summed E-state index contributed by atoms with van der Waals surface area (Å²) in [6, 6.07) is 8.20. The maximum atomic E-state index is 10.1. The molecule has 0 aromatic heterocycles. The molecule has 21 heavy (non-hydrogen) atoms. The standard InChI is InChI=1S/C15H26N3O2P/c1-12(2)18(13(3)4)21(19)20-11-10-17-15-8-6-14(16-5)7-9-15/h6-9,12-13,17,19H,5,10-11H2,1-4H3. The summed E-state index contributed by atoms with van der Waals surface area (Å²) in [5.74, 6) is 0. The molecular formula is C15H26N3O2P. The number of aliphatic imine (C=N–C) groups is 1. The van der Waals surface area contributed by atoms with Gasteiger partial charge in [-0.15, -0.1) is 0 Å². The fourth-order valence-corrected chi connectivity index (χ4v) is 3.24. The normalized spacial score (nSPS) is 13.0. The number of benzene rings is 1. The first-order valence-corrected chi connectivity index (χ1v) is 8.33. The SMILES string of the molecule is C=Nc1ccc(NCCOP(O)N(C(C)C)C(C)C)cc1. The van der Waals surface area contributed by atoms with Crippen LogP contribution in [0.15, 0.2) is 29.3 Å². The third-order valence-electron chi connectivity index (χ3n) is 2.94. The molecule has 0 spiro atoms. The largest absolute Gasteiger partial charge is 0.383 e. The summed E-state index contributed by atoms with van der Waals surface area (Å²) in [7, 11) is -1.54. The van der Waals surface area contributed by atoms with Crippen LogP contribution in [-0.2, 0) is 4.52 Å². The van der Waals surface area contributed by atoms with Gasteiger partial charge < -0.3 is 14.7 Å². The van der Waals surface area contributed by atoms with Gasteiger partial charge in [0.05, 0.1) is 12.3 Å². The molecule has 0 saturated carbocycles. The minimum absolute atomic E-state index is 0.257. The summed E-state index contributed by atoms with van der Waals surface area (Å²) in [4.78, 5) is 14.0. The van der Waals surface area contributed by atoms with E-state index in [1.165, 1.54) is 0 Å². The Labute approximate surface area is 129 Å². The molecule has 0 saturated heterocycles. The second-order valence-electron chi connectivity index (χ2n) is 5.29. The smallest absolute Gasteiger partial charge is 0.256 e. The van der Waals surface area contributed by atoms with E-state index >= 15 is 0 Å². The topological polar surface area (TPSA) is 57.1 Å².